The molecule has 0 atom stereocenters. The molecule has 2 aromatic rings. The maximum atomic E-state index is 13.2. The summed E-state index contributed by atoms with van der Waals surface area (Å²) >= 11 is 0. The van der Waals surface area contributed by atoms with Crippen LogP contribution in [-0.4, -0.2) is 73.7 Å². The predicted molar refractivity (Wildman–Crippen MR) is 116 cm³/mol. The van der Waals surface area contributed by atoms with Crippen LogP contribution in [0.4, 0.5) is 0 Å². The van der Waals surface area contributed by atoms with Crippen molar-refractivity contribution < 1.29 is 22.7 Å². The van der Waals surface area contributed by atoms with E-state index >= 15 is 0 Å². The molecule has 170 valence electrons. The lowest BCUT2D eigenvalue weighted by molar-refractivity contribution is -0.131. The molecule has 1 aromatic heterocycles. The van der Waals surface area contributed by atoms with Crippen LogP contribution in [0.15, 0.2) is 23.1 Å². The zero-order valence-electron chi connectivity index (χ0n) is 18.7. The normalized spacial score (nSPS) is 15.2. The van der Waals surface area contributed by atoms with Crippen molar-refractivity contribution in [1.29, 1.82) is 0 Å². The van der Waals surface area contributed by atoms with Gasteiger partial charge in [-0.2, -0.15) is 9.40 Å². The SMILES string of the molecule is CCn1nc(C)c(S(=O)(=O)N2CCN(C(=O)Cc3cc(OC)cc(OC)c3)CC2)c1C. The fourth-order valence-corrected chi connectivity index (χ4v) is 5.72. The number of carbonyl (C=O) groups excluding carboxylic acids is 1. The smallest absolute Gasteiger partial charge is 0.246 e. The topological polar surface area (TPSA) is 94.0 Å². The number of carbonyl (C=O) groups is 1. The Hall–Kier alpha value is -2.59. The first-order valence-corrected chi connectivity index (χ1v) is 11.7. The van der Waals surface area contributed by atoms with E-state index in [1.165, 1.54) is 4.31 Å². The van der Waals surface area contributed by atoms with Gasteiger partial charge in [-0.3, -0.25) is 9.48 Å². The second-order valence-corrected chi connectivity index (χ2v) is 9.37. The molecule has 0 saturated carbocycles. The highest BCUT2D eigenvalue weighted by molar-refractivity contribution is 7.89. The van der Waals surface area contributed by atoms with E-state index in [9.17, 15) is 13.2 Å². The van der Waals surface area contributed by atoms with Gasteiger partial charge >= 0.3 is 0 Å². The number of hydrogen-bond donors (Lipinski definition) is 0. The number of aromatic nitrogens is 2. The summed E-state index contributed by atoms with van der Waals surface area (Å²) in [6, 6.07) is 5.36. The zero-order chi connectivity index (χ0) is 22.8. The molecule has 1 amide bonds. The number of rotatable bonds is 7. The molecule has 1 aliphatic heterocycles. The molecule has 1 saturated heterocycles. The van der Waals surface area contributed by atoms with Crippen LogP contribution in [0, 0.1) is 13.8 Å². The van der Waals surface area contributed by atoms with Crippen LogP contribution in [0.1, 0.15) is 23.9 Å². The summed E-state index contributed by atoms with van der Waals surface area (Å²) in [5, 5.41) is 4.33. The maximum absolute atomic E-state index is 13.2. The van der Waals surface area contributed by atoms with Gasteiger partial charge in [-0.05, 0) is 38.5 Å². The molecule has 10 heteroatoms. The highest BCUT2D eigenvalue weighted by Crippen LogP contribution is 2.26. The van der Waals surface area contributed by atoms with Gasteiger partial charge in [-0.25, -0.2) is 8.42 Å². The van der Waals surface area contributed by atoms with Gasteiger partial charge in [0.25, 0.3) is 0 Å². The van der Waals surface area contributed by atoms with Gasteiger partial charge in [-0.1, -0.05) is 0 Å². The van der Waals surface area contributed by atoms with E-state index in [0.717, 1.165) is 5.56 Å². The fourth-order valence-electron chi connectivity index (χ4n) is 3.92. The minimum atomic E-state index is -3.66. The lowest BCUT2D eigenvalue weighted by Gasteiger charge is -2.34. The van der Waals surface area contributed by atoms with Crippen LogP contribution in [-0.2, 0) is 27.8 Å². The van der Waals surface area contributed by atoms with Gasteiger partial charge in [0.1, 0.15) is 16.4 Å². The third kappa shape index (κ3) is 4.69. The number of nitrogens with zero attached hydrogens (tertiary/aromatic N) is 4. The molecule has 0 spiro atoms. The Morgan fingerprint density at radius 3 is 2.10 bits per heavy atom. The number of methoxy groups -OCH3 is 2. The Balaban J connectivity index is 1.68. The summed E-state index contributed by atoms with van der Waals surface area (Å²) in [6.45, 7) is 7.24. The number of amides is 1. The number of hydrogen-bond acceptors (Lipinski definition) is 6. The Morgan fingerprint density at radius 1 is 1.03 bits per heavy atom. The van der Waals surface area contributed by atoms with Crippen molar-refractivity contribution in [2.24, 2.45) is 0 Å². The van der Waals surface area contributed by atoms with Gasteiger partial charge in [-0.15, -0.1) is 0 Å². The minimum absolute atomic E-state index is 0.0569. The first-order valence-electron chi connectivity index (χ1n) is 10.2. The average Bonchev–Trinajstić information content (AvgIpc) is 3.07. The van der Waals surface area contributed by atoms with Crippen LogP contribution in [0.2, 0.25) is 0 Å². The second-order valence-electron chi connectivity index (χ2n) is 7.50. The van der Waals surface area contributed by atoms with Crippen molar-refractivity contribution in [3.63, 3.8) is 0 Å². The molecule has 3 rings (SSSR count). The van der Waals surface area contributed by atoms with E-state index < -0.39 is 10.0 Å². The molecule has 0 aliphatic carbocycles. The zero-order valence-corrected chi connectivity index (χ0v) is 19.5. The van der Waals surface area contributed by atoms with Gasteiger partial charge < -0.3 is 14.4 Å². The molecule has 9 nitrogen and oxygen atoms in total. The summed E-state index contributed by atoms with van der Waals surface area (Å²) in [5.74, 6) is 1.19. The van der Waals surface area contributed by atoms with E-state index in [4.69, 9.17) is 9.47 Å². The van der Waals surface area contributed by atoms with Crippen molar-refractivity contribution in [3.8, 4) is 11.5 Å². The monoisotopic (exact) mass is 450 g/mol. The lowest BCUT2D eigenvalue weighted by atomic mass is 10.1. The Labute approximate surface area is 183 Å². The molecule has 0 bridgehead atoms. The molecule has 31 heavy (non-hydrogen) atoms. The lowest BCUT2D eigenvalue weighted by Crippen LogP contribution is -2.51. The number of benzene rings is 1. The highest BCUT2D eigenvalue weighted by atomic mass is 32.2. The van der Waals surface area contributed by atoms with Crippen molar-refractivity contribution >= 4 is 15.9 Å². The number of ether oxygens (including phenoxy) is 2. The molecule has 1 fully saturated rings. The summed E-state index contributed by atoms with van der Waals surface area (Å²) in [6.07, 6.45) is 0.196. The molecule has 0 radical (unpaired) electrons. The van der Waals surface area contributed by atoms with Crippen molar-refractivity contribution in [2.75, 3.05) is 40.4 Å². The van der Waals surface area contributed by atoms with Crippen molar-refractivity contribution in [2.45, 2.75) is 38.6 Å². The number of sulfonamides is 1. The summed E-state index contributed by atoms with van der Waals surface area (Å²) in [7, 11) is -0.533. The van der Waals surface area contributed by atoms with Crippen LogP contribution >= 0.6 is 0 Å². The largest absolute Gasteiger partial charge is 0.497 e. The Kier molecular flexibility index (Phi) is 6.90. The van der Waals surface area contributed by atoms with E-state index in [-0.39, 0.29) is 30.3 Å². The van der Waals surface area contributed by atoms with E-state index in [2.05, 4.69) is 5.10 Å². The molecule has 0 unspecified atom stereocenters. The Morgan fingerprint density at radius 2 is 1.61 bits per heavy atom. The van der Waals surface area contributed by atoms with Crippen molar-refractivity contribution in [3.05, 3.63) is 35.2 Å². The average molecular weight is 451 g/mol. The molecular formula is C21H30N4O5S. The predicted octanol–water partition coefficient (Wildman–Crippen LogP) is 1.61. The van der Waals surface area contributed by atoms with Crippen LogP contribution in [0.5, 0.6) is 11.5 Å². The van der Waals surface area contributed by atoms with Gasteiger partial charge in [0.15, 0.2) is 0 Å². The molecule has 1 aliphatic rings. The van der Waals surface area contributed by atoms with Gasteiger partial charge in [0.05, 0.1) is 32.0 Å². The fraction of sp³-hybridized carbons (Fsp3) is 0.524. The van der Waals surface area contributed by atoms with Crippen LogP contribution in [0.3, 0.4) is 0 Å². The first kappa shape index (κ1) is 23.1. The maximum Gasteiger partial charge on any atom is 0.246 e. The standard InChI is InChI=1S/C21H30N4O5S/c1-6-25-16(3)21(15(2)22-25)31(27,28)24-9-7-23(8-10-24)20(26)13-17-11-18(29-4)14-19(12-17)30-5/h11-12,14H,6-10,13H2,1-5H3. The minimum Gasteiger partial charge on any atom is -0.497 e. The van der Waals surface area contributed by atoms with E-state index in [1.807, 2.05) is 6.92 Å². The third-order valence-corrected chi connectivity index (χ3v) is 7.72. The van der Waals surface area contributed by atoms with Crippen molar-refractivity contribution in [1.82, 2.24) is 19.0 Å². The number of aryl methyl sites for hydroxylation is 2. The van der Waals surface area contributed by atoms with E-state index in [1.54, 1.807) is 55.8 Å². The Bertz CT molecular complexity index is 1030. The van der Waals surface area contributed by atoms with Gasteiger partial charge in [0, 0.05) is 38.8 Å². The molecule has 1 aromatic carbocycles. The van der Waals surface area contributed by atoms with Gasteiger partial charge in [0.2, 0.25) is 15.9 Å². The molecular weight excluding hydrogens is 420 g/mol. The first-order chi connectivity index (χ1) is 14.7. The molecule has 2 heterocycles. The number of piperazine rings is 1. The quantitative estimate of drug-likeness (QED) is 0.636. The van der Waals surface area contributed by atoms with Crippen LogP contribution < -0.4 is 9.47 Å². The summed E-state index contributed by atoms with van der Waals surface area (Å²) in [5.41, 5.74) is 1.93. The second kappa shape index (κ2) is 9.27. The summed E-state index contributed by atoms with van der Waals surface area (Å²) in [4.78, 5) is 14.8. The molecule has 0 N–H and O–H groups in total. The summed E-state index contributed by atoms with van der Waals surface area (Å²) < 4.78 is 40.1. The third-order valence-electron chi connectivity index (χ3n) is 5.57. The highest BCUT2D eigenvalue weighted by Gasteiger charge is 2.34. The van der Waals surface area contributed by atoms with Crippen LogP contribution in [0.25, 0.3) is 0 Å². The van der Waals surface area contributed by atoms with E-state index in [0.29, 0.717) is 42.5 Å².